The van der Waals surface area contributed by atoms with Crippen molar-refractivity contribution in [2.24, 2.45) is 0 Å². The summed E-state index contributed by atoms with van der Waals surface area (Å²) in [6, 6.07) is 2.40. The number of amides is 1. The van der Waals surface area contributed by atoms with Crippen LogP contribution in [0.1, 0.15) is 43.0 Å². The Balaban J connectivity index is 1.97. The Bertz CT molecular complexity index is 456. The number of hydrogen-bond acceptors (Lipinski definition) is 4. The van der Waals surface area contributed by atoms with Gasteiger partial charge in [-0.1, -0.05) is 6.92 Å². The maximum atomic E-state index is 12.4. The highest BCUT2D eigenvalue weighted by atomic mass is 16.3. The third-order valence-electron chi connectivity index (χ3n) is 4.09. The fourth-order valence-electron chi connectivity index (χ4n) is 2.88. The smallest absolute Gasteiger partial charge is 0.257 e. The number of nitrogens with zero attached hydrogens (tertiary/aromatic N) is 2. The Morgan fingerprint density at radius 1 is 1.45 bits per heavy atom. The SMILES string of the molecule is CCNC1CCC(N(C)C(=O)c2ccncc2O)CC1. The second kappa shape index (κ2) is 6.70. The van der Waals surface area contributed by atoms with E-state index in [9.17, 15) is 9.90 Å². The number of nitrogens with one attached hydrogen (secondary N) is 1. The number of hydrogen-bond donors (Lipinski definition) is 2. The molecule has 110 valence electrons. The molecule has 0 bridgehead atoms. The molecule has 1 aromatic heterocycles. The number of carbonyl (C=O) groups excluding carboxylic acids is 1. The first kappa shape index (κ1) is 14.8. The van der Waals surface area contributed by atoms with E-state index in [1.165, 1.54) is 12.4 Å². The average Bonchev–Trinajstić information content (AvgIpc) is 2.47. The molecule has 0 aromatic carbocycles. The van der Waals surface area contributed by atoms with Crippen LogP contribution in [0.4, 0.5) is 0 Å². The van der Waals surface area contributed by atoms with Gasteiger partial charge in [0.25, 0.3) is 5.91 Å². The lowest BCUT2D eigenvalue weighted by atomic mass is 9.90. The molecule has 0 spiro atoms. The minimum Gasteiger partial charge on any atom is -0.505 e. The number of aromatic nitrogens is 1. The predicted octanol–water partition coefficient (Wildman–Crippen LogP) is 1.78. The van der Waals surface area contributed by atoms with E-state index in [0.29, 0.717) is 11.6 Å². The van der Waals surface area contributed by atoms with Gasteiger partial charge in [-0.05, 0) is 38.3 Å². The maximum Gasteiger partial charge on any atom is 0.257 e. The summed E-state index contributed by atoms with van der Waals surface area (Å²) in [5.74, 6) is -0.178. The van der Waals surface area contributed by atoms with Crippen LogP contribution in [0.2, 0.25) is 0 Å². The van der Waals surface area contributed by atoms with E-state index >= 15 is 0 Å². The standard InChI is InChI=1S/C15H23N3O2/c1-3-17-11-4-6-12(7-5-11)18(2)15(20)13-8-9-16-10-14(13)19/h8-12,17,19H,3-7H2,1-2H3. The molecule has 0 radical (unpaired) electrons. The van der Waals surface area contributed by atoms with E-state index in [0.717, 1.165) is 32.2 Å². The van der Waals surface area contributed by atoms with Crippen molar-refractivity contribution >= 4 is 5.91 Å². The normalized spacial score (nSPS) is 22.5. The minimum atomic E-state index is -0.128. The summed E-state index contributed by atoms with van der Waals surface area (Å²) in [6.07, 6.45) is 7.04. The number of pyridine rings is 1. The second-order valence-electron chi connectivity index (χ2n) is 5.37. The van der Waals surface area contributed by atoms with E-state index in [1.807, 2.05) is 7.05 Å². The monoisotopic (exact) mass is 277 g/mol. The van der Waals surface area contributed by atoms with Crippen LogP contribution in [0.5, 0.6) is 5.75 Å². The summed E-state index contributed by atoms with van der Waals surface area (Å²) in [5, 5.41) is 13.2. The van der Waals surface area contributed by atoms with E-state index in [-0.39, 0.29) is 17.7 Å². The zero-order valence-corrected chi connectivity index (χ0v) is 12.2. The first-order valence-electron chi connectivity index (χ1n) is 7.27. The molecule has 0 unspecified atom stereocenters. The van der Waals surface area contributed by atoms with Gasteiger partial charge in [-0.15, -0.1) is 0 Å². The Kier molecular flexibility index (Phi) is 4.95. The lowest BCUT2D eigenvalue weighted by Gasteiger charge is -2.35. The Morgan fingerprint density at radius 2 is 2.15 bits per heavy atom. The molecule has 1 heterocycles. The lowest BCUT2D eigenvalue weighted by molar-refractivity contribution is 0.0681. The number of aromatic hydroxyl groups is 1. The van der Waals surface area contributed by atoms with Gasteiger partial charge >= 0.3 is 0 Å². The molecule has 5 nitrogen and oxygen atoms in total. The summed E-state index contributed by atoms with van der Waals surface area (Å²) in [6.45, 7) is 3.11. The quantitative estimate of drug-likeness (QED) is 0.880. The van der Waals surface area contributed by atoms with Crippen molar-refractivity contribution in [1.82, 2.24) is 15.2 Å². The summed E-state index contributed by atoms with van der Waals surface area (Å²) in [5.41, 5.74) is 0.330. The molecule has 20 heavy (non-hydrogen) atoms. The molecule has 1 fully saturated rings. The van der Waals surface area contributed by atoms with Crippen LogP contribution in [-0.2, 0) is 0 Å². The Morgan fingerprint density at radius 3 is 2.75 bits per heavy atom. The molecule has 2 rings (SSSR count). The van der Waals surface area contributed by atoms with Gasteiger partial charge in [0.15, 0.2) is 0 Å². The minimum absolute atomic E-state index is 0.0503. The van der Waals surface area contributed by atoms with Gasteiger partial charge in [-0.2, -0.15) is 0 Å². The van der Waals surface area contributed by atoms with Crippen LogP contribution in [-0.4, -0.2) is 46.6 Å². The van der Waals surface area contributed by atoms with Crippen LogP contribution in [0.3, 0.4) is 0 Å². The zero-order valence-electron chi connectivity index (χ0n) is 12.2. The molecule has 0 atom stereocenters. The highest BCUT2D eigenvalue weighted by Gasteiger charge is 2.27. The Hall–Kier alpha value is -1.62. The van der Waals surface area contributed by atoms with Gasteiger partial charge in [-0.3, -0.25) is 9.78 Å². The van der Waals surface area contributed by atoms with Crippen LogP contribution >= 0.6 is 0 Å². The van der Waals surface area contributed by atoms with Crippen LogP contribution in [0.25, 0.3) is 0 Å². The highest BCUT2D eigenvalue weighted by Crippen LogP contribution is 2.25. The fourth-order valence-corrected chi connectivity index (χ4v) is 2.88. The highest BCUT2D eigenvalue weighted by molar-refractivity contribution is 5.96. The molecule has 2 N–H and O–H groups in total. The predicted molar refractivity (Wildman–Crippen MR) is 77.7 cm³/mol. The van der Waals surface area contributed by atoms with Gasteiger partial charge in [0.2, 0.25) is 0 Å². The first-order chi connectivity index (χ1) is 9.63. The van der Waals surface area contributed by atoms with E-state index < -0.39 is 0 Å². The molecule has 1 aliphatic carbocycles. The molecule has 5 heteroatoms. The van der Waals surface area contributed by atoms with E-state index in [1.54, 1.807) is 11.0 Å². The number of rotatable bonds is 4. The van der Waals surface area contributed by atoms with Crippen molar-refractivity contribution < 1.29 is 9.90 Å². The van der Waals surface area contributed by atoms with E-state index in [2.05, 4.69) is 17.2 Å². The molecular weight excluding hydrogens is 254 g/mol. The van der Waals surface area contributed by atoms with Crippen molar-refractivity contribution in [3.8, 4) is 5.75 Å². The third-order valence-corrected chi connectivity index (χ3v) is 4.09. The molecule has 0 saturated heterocycles. The molecule has 1 amide bonds. The van der Waals surface area contributed by atoms with Gasteiger partial charge in [0.1, 0.15) is 5.75 Å². The van der Waals surface area contributed by atoms with Crippen molar-refractivity contribution in [3.63, 3.8) is 0 Å². The van der Waals surface area contributed by atoms with Gasteiger partial charge < -0.3 is 15.3 Å². The van der Waals surface area contributed by atoms with Crippen LogP contribution in [0, 0.1) is 0 Å². The topological polar surface area (TPSA) is 65.5 Å². The van der Waals surface area contributed by atoms with Crippen LogP contribution < -0.4 is 5.32 Å². The fraction of sp³-hybridized carbons (Fsp3) is 0.600. The first-order valence-corrected chi connectivity index (χ1v) is 7.27. The van der Waals surface area contributed by atoms with Crippen molar-refractivity contribution in [2.45, 2.75) is 44.7 Å². The van der Waals surface area contributed by atoms with Crippen molar-refractivity contribution in [3.05, 3.63) is 24.0 Å². The molecular formula is C15H23N3O2. The van der Waals surface area contributed by atoms with Crippen molar-refractivity contribution in [1.29, 1.82) is 0 Å². The summed E-state index contributed by atoms with van der Waals surface area (Å²) >= 11 is 0. The summed E-state index contributed by atoms with van der Waals surface area (Å²) < 4.78 is 0. The average molecular weight is 277 g/mol. The van der Waals surface area contributed by atoms with Crippen molar-refractivity contribution in [2.75, 3.05) is 13.6 Å². The summed E-state index contributed by atoms with van der Waals surface area (Å²) in [4.78, 5) is 18.0. The van der Waals surface area contributed by atoms with Crippen LogP contribution in [0.15, 0.2) is 18.5 Å². The second-order valence-corrected chi connectivity index (χ2v) is 5.37. The van der Waals surface area contributed by atoms with Gasteiger partial charge in [0.05, 0.1) is 11.8 Å². The number of carbonyl (C=O) groups is 1. The molecule has 0 aliphatic heterocycles. The van der Waals surface area contributed by atoms with Gasteiger partial charge in [0, 0.05) is 25.3 Å². The lowest BCUT2D eigenvalue weighted by Crippen LogP contribution is -2.43. The molecule has 1 aliphatic rings. The largest absolute Gasteiger partial charge is 0.505 e. The summed E-state index contributed by atoms with van der Waals surface area (Å²) in [7, 11) is 1.82. The molecule has 1 aromatic rings. The molecule has 1 saturated carbocycles. The van der Waals surface area contributed by atoms with Gasteiger partial charge in [-0.25, -0.2) is 0 Å². The maximum absolute atomic E-state index is 12.4. The third kappa shape index (κ3) is 3.28. The van der Waals surface area contributed by atoms with E-state index in [4.69, 9.17) is 0 Å². The Labute approximate surface area is 120 Å². The zero-order chi connectivity index (χ0) is 14.5.